The Bertz CT molecular complexity index is 641. The molecular weight excluding hydrogens is 350 g/mol. The number of carbonyl (C=O) groups excluding carboxylic acids is 1. The lowest BCUT2D eigenvalue weighted by atomic mass is 10.1. The van der Waals surface area contributed by atoms with E-state index >= 15 is 0 Å². The first-order chi connectivity index (χ1) is 9.95. The molecule has 0 aliphatic heterocycles. The van der Waals surface area contributed by atoms with Crippen LogP contribution in [0, 0.1) is 0 Å². The summed E-state index contributed by atoms with van der Waals surface area (Å²) in [6.45, 7) is 3.23. The molecule has 0 unspecified atom stereocenters. The second-order valence-corrected chi connectivity index (χ2v) is 6.64. The van der Waals surface area contributed by atoms with Crippen molar-refractivity contribution in [1.29, 1.82) is 0 Å². The first-order valence-electron chi connectivity index (χ1n) is 6.48. The van der Waals surface area contributed by atoms with Gasteiger partial charge in [0, 0.05) is 26.9 Å². The highest BCUT2D eigenvalue weighted by Gasteiger charge is 2.07. The molecule has 0 saturated heterocycles. The summed E-state index contributed by atoms with van der Waals surface area (Å²) in [5.74, 6) is -0.0770. The van der Waals surface area contributed by atoms with Gasteiger partial charge >= 0.3 is 0 Å². The monoisotopic (exact) mass is 365 g/mol. The molecule has 2 rings (SSSR count). The van der Waals surface area contributed by atoms with Crippen molar-refractivity contribution in [1.82, 2.24) is 0 Å². The molecular formula is C16H16BrNO2S. The zero-order valence-corrected chi connectivity index (χ0v) is 14.2. The maximum absolute atomic E-state index is 11.0. The van der Waals surface area contributed by atoms with E-state index in [4.69, 9.17) is 0 Å². The van der Waals surface area contributed by atoms with Crippen LogP contribution in [-0.2, 0) is 4.79 Å². The number of nitrogens with one attached hydrogen (secondary N) is 1. The lowest BCUT2D eigenvalue weighted by Gasteiger charge is -2.09. The zero-order chi connectivity index (χ0) is 15.4. The van der Waals surface area contributed by atoms with Crippen LogP contribution in [0.15, 0.2) is 56.7 Å². The number of rotatable bonds is 4. The Morgan fingerprint density at radius 1 is 1.24 bits per heavy atom. The molecule has 0 fully saturated rings. The summed E-state index contributed by atoms with van der Waals surface area (Å²) in [5.41, 5.74) is 1.67. The van der Waals surface area contributed by atoms with Gasteiger partial charge in [0.1, 0.15) is 0 Å². The van der Waals surface area contributed by atoms with Crippen LogP contribution in [-0.4, -0.2) is 11.0 Å². The zero-order valence-electron chi connectivity index (χ0n) is 11.8. The van der Waals surface area contributed by atoms with E-state index in [1.165, 1.54) is 6.92 Å². The van der Waals surface area contributed by atoms with E-state index in [1.807, 2.05) is 42.5 Å². The Morgan fingerprint density at radius 2 is 1.90 bits per heavy atom. The van der Waals surface area contributed by atoms with Gasteiger partial charge in [0.2, 0.25) is 5.91 Å². The molecule has 0 aromatic heterocycles. The molecule has 2 N–H and O–H groups in total. The van der Waals surface area contributed by atoms with Gasteiger partial charge < -0.3 is 10.4 Å². The predicted octanol–water partition coefficient (Wildman–Crippen LogP) is 4.61. The molecule has 0 aliphatic rings. The van der Waals surface area contributed by atoms with Gasteiger partial charge in [-0.25, -0.2) is 0 Å². The van der Waals surface area contributed by atoms with E-state index in [0.29, 0.717) is 0 Å². The van der Waals surface area contributed by atoms with Crippen molar-refractivity contribution in [3.05, 3.63) is 52.5 Å². The lowest BCUT2D eigenvalue weighted by Crippen LogP contribution is -2.05. The van der Waals surface area contributed by atoms with Crippen LogP contribution in [0.1, 0.15) is 25.5 Å². The highest BCUT2D eigenvalue weighted by Crippen LogP contribution is 2.35. The SMILES string of the molecule is CC(=O)Nc1ccc(Sc2ccc([C@H](C)O)cc2Br)cc1. The van der Waals surface area contributed by atoms with Crippen molar-refractivity contribution in [2.75, 3.05) is 5.32 Å². The molecule has 0 radical (unpaired) electrons. The Hall–Kier alpha value is -1.30. The number of carbonyl (C=O) groups is 1. The van der Waals surface area contributed by atoms with Gasteiger partial charge in [-0.1, -0.05) is 17.8 Å². The molecule has 5 heteroatoms. The fourth-order valence-electron chi connectivity index (χ4n) is 1.80. The molecule has 1 atom stereocenters. The highest BCUT2D eigenvalue weighted by atomic mass is 79.9. The first-order valence-corrected chi connectivity index (χ1v) is 8.09. The molecule has 0 spiro atoms. The number of hydrogen-bond donors (Lipinski definition) is 2. The molecule has 0 heterocycles. The minimum atomic E-state index is -0.475. The van der Waals surface area contributed by atoms with Gasteiger partial charge in [-0.3, -0.25) is 4.79 Å². The van der Waals surface area contributed by atoms with Crippen molar-refractivity contribution in [3.8, 4) is 0 Å². The number of aliphatic hydroxyl groups is 1. The van der Waals surface area contributed by atoms with Crippen LogP contribution in [0.4, 0.5) is 5.69 Å². The smallest absolute Gasteiger partial charge is 0.221 e. The molecule has 1 amide bonds. The minimum absolute atomic E-state index is 0.0770. The fraction of sp³-hybridized carbons (Fsp3) is 0.188. The van der Waals surface area contributed by atoms with E-state index in [-0.39, 0.29) is 5.91 Å². The molecule has 0 saturated carbocycles. The topological polar surface area (TPSA) is 49.3 Å². The van der Waals surface area contributed by atoms with Crippen LogP contribution < -0.4 is 5.32 Å². The first kappa shape index (κ1) is 16.1. The van der Waals surface area contributed by atoms with E-state index in [9.17, 15) is 9.90 Å². The van der Waals surface area contributed by atoms with Gasteiger partial charge in [-0.05, 0) is 64.8 Å². The van der Waals surface area contributed by atoms with Gasteiger partial charge in [0.15, 0.2) is 0 Å². The van der Waals surface area contributed by atoms with E-state index in [0.717, 1.165) is 25.5 Å². The maximum Gasteiger partial charge on any atom is 0.221 e. The Morgan fingerprint density at radius 3 is 2.43 bits per heavy atom. The van der Waals surface area contributed by atoms with E-state index in [2.05, 4.69) is 21.2 Å². The summed E-state index contributed by atoms with van der Waals surface area (Å²) in [4.78, 5) is 13.1. The normalized spacial score (nSPS) is 12.0. The summed E-state index contributed by atoms with van der Waals surface area (Å²) in [6, 6.07) is 13.5. The molecule has 0 aliphatic carbocycles. The van der Waals surface area contributed by atoms with Crippen molar-refractivity contribution >= 4 is 39.3 Å². The van der Waals surface area contributed by atoms with Crippen molar-refractivity contribution in [2.24, 2.45) is 0 Å². The molecule has 21 heavy (non-hydrogen) atoms. The van der Waals surface area contributed by atoms with Crippen LogP contribution >= 0.6 is 27.7 Å². The number of amides is 1. The summed E-state index contributed by atoms with van der Waals surface area (Å²) in [7, 11) is 0. The van der Waals surface area contributed by atoms with Crippen molar-refractivity contribution in [3.63, 3.8) is 0 Å². The van der Waals surface area contributed by atoms with Crippen molar-refractivity contribution < 1.29 is 9.90 Å². The summed E-state index contributed by atoms with van der Waals surface area (Å²) >= 11 is 5.15. The highest BCUT2D eigenvalue weighted by molar-refractivity contribution is 9.10. The largest absolute Gasteiger partial charge is 0.389 e. The molecule has 110 valence electrons. The van der Waals surface area contributed by atoms with E-state index < -0.39 is 6.10 Å². The molecule has 2 aromatic rings. The Labute approximate surface area is 136 Å². The lowest BCUT2D eigenvalue weighted by molar-refractivity contribution is -0.114. The Kier molecular flexibility index (Phi) is 5.45. The number of anilines is 1. The maximum atomic E-state index is 11.0. The van der Waals surface area contributed by atoms with Gasteiger partial charge in [0.05, 0.1) is 6.10 Å². The third-order valence-electron chi connectivity index (χ3n) is 2.84. The van der Waals surface area contributed by atoms with Gasteiger partial charge in [0.25, 0.3) is 0 Å². The van der Waals surface area contributed by atoms with Gasteiger partial charge in [-0.15, -0.1) is 0 Å². The average Bonchev–Trinajstić information content (AvgIpc) is 2.42. The average molecular weight is 366 g/mol. The predicted molar refractivity (Wildman–Crippen MR) is 89.6 cm³/mol. The molecule has 0 bridgehead atoms. The minimum Gasteiger partial charge on any atom is -0.389 e. The second kappa shape index (κ2) is 7.11. The molecule has 2 aromatic carbocycles. The number of benzene rings is 2. The van der Waals surface area contributed by atoms with Crippen LogP contribution in [0.5, 0.6) is 0 Å². The van der Waals surface area contributed by atoms with Crippen molar-refractivity contribution in [2.45, 2.75) is 29.7 Å². The number of hydrogen-bond acceptors (Lipinski definition) is 3. The van der Waals surface area contributed by atoms with Gasteiger partial charge in [-0.2, -0.15) is 0 Å². The fourth-order valence-corrected chi connectivity index (χ4v) is 3.25. The number of aliphatic hydroxyl groups excluding tert-OH is 1. The van der Waals surface area contributed by atoms with Crippen LogP contribution in [0.3, 0.4) is 0 Å². The van der Waals surface area contributed by atoms with E-state index in [1.54, 1.807) is 18.7 Å². The third-order valence-corrected chi connectivity index (χ3v) is 4.84. The summed E-state index contributed by atoms with van der Waals surface area (Å²) in [5, 5.41) is 12.3. The van der Waals surface area contributed by atoms with Crippen LogP contribution in [0.2, 0.25) is 0 Å². The summed E-state index contributed by atoms with van der Waals surface area (Å²) < 4.78 is 0.955. The second-order valence-electron chi connectivity index (χ2n) is 4.67. The third kappa shape index (κ3) is 4.59. The Balaban J connectivity index is 2.13. The summed E-state index contributed by atoms with van der Waals surface area (Å²) in [6.07, 6.45) is -0.475. The number of halogens is 1. The quantitative estimate of drug-likeness (QED) is 0.831. The standard InChI is InChI=1S/C16H16BrNO2S/c1-10(19)12-3-8-16(15(17)9-12)21-14-6-4-13(5-7-14)18-11(2)20/h3-10,19H,1-2H3,(H,18,20)/t10-/m0/s1. The van der Waals surface area contributed by atoms with Crippen LogP contribution in [0.25, 0.3) is 0 Å². The molecule has 3 nitrogen and oxygen atoms in total.